The molecule has 2 aromatic rings. The molecule has 0 amide bonds. The van der Waals surface area contributed by atoms with Gasteiger partial charge >= 0.3 is 0 Å². The van der Waals surface area contributed by atoms with Crippen molar-refractivity contribution in [1.82, 2.24) is 15.2 Å². The van der Waals surface area contributed by atoms with Gasteiger partial charge in [-0.2, -0.15) is 0 Å². The van der Waals surface area contributed by atoms with E-state index in [0.717, 1.165) is 31.4 Å². The first kappa shape index (κ1) is 16.6. The Bertz CT molecular complexity index is 479. The lowest BCUT2D eigenvalue weighted by Gasteiger charge is -2.11. The Morgan fingerprint density at radius 1 is 1.25 bits per heavy atom. The molecule has 110 valence electrons. The Labute approximate surface area is 136 Å². The maximum atomic E-state index is 5.26. The van der Waals surface area contributed by atoms with Crippen LogP contribution in [0, 0.1) is 0 Å². The molecule has 0 radical (unpaired) electrons. The molecule has 0 aliphatic rings. The average Bonchev–Trinajstić information content (AvgIpc) is 3.09. The standard InChI is InChI=1S/C14H20N4O.HI/c1-2-15-14(17-12-13-6-5-11-19-13)16-7-10-18-8-3-4-9-18;/h3-6,8-9,11H,2,7,10,12H2,1H3,(H2,15,16,17);1H. The van der Waals surface area contributed by atoms with Crippen LogP contribution in [-0.2, 0) is 13.1 Å². The Kier molecular flexibility index (Phi) is 7.86. The third-order valence-corrected chi connectivity index (χ3v) is 2.65. The van der Waals surface area contributed by atoms with Gasteiger partial charge in [-0.3, -0.25) is 0 Å². The molecule has 2 aromatic heterocycles. The number of aliphatic imine (C=N–C) groups is 1. The Hall–Kier alpha value is -1.44. The fourth-order valence-electron chi connectivity index (χ4n) is 1.72. The zero-order chi connectivity index (χ0) is 13.3. The van der Waals surface area contributed by atoms with E-state index in [1.54, 1.807) is 6.26 Å². The number of nitrogens with zero attached hydrogens (tertiary/aromatic N) is 2. The van der Waals surface area contributed by atoms with Gasteiger partial charge in [0.1, 0.15) is 12.3 Å². The summed E-state index contributed by atoms with van der Waals surface area (Å²) in [4.78, 5) is 4.47. The van der Waals surface area contributed by atoms with Crippen LogP contribution in [0.15, 0.2) is 52.3 Å². The lowest BCUT2D eigenvalue weighted by molar-refractivity contribution is 0.511. The third-order valence-electron chi connectivity index (χ3n) is 2.65. The van der Waals surface area contributed by atoms with Crippen LogP contribution in [0.5, 0.6) is 0 Å². The van der Waals surface area contributed by atoms with E-state index in [1.807, 2.05) is 24.3 Å². The van der Waals surface area contributed by atoms with Crippen molar-refractivity contribution >= 4 is 29.9 Å². The first-order valence-corrected chi connectivity index (χ1v) is 6.54. The van der Waals surface area contributed by atoms with Gasteiger partial charge in [0.15, 0.2) is 5.96 Å². The second kappa shape index (κ2) is 9.46. The molecular weight excluding hydrogens is 367 g/mol. The van der Waals surface area contributed by atoms with E-state index >= 15 is 0 Å². The SMILES string of the molecule is CCNC(=NCc1ccco1)NCCn1cccc1.I. The summed E-state index contributed by atoms with van der Waals surface area (Å²) in [6.07, 6.45) is 5.76. The zero-order valence-corrected chi connectivity index (χ0v) is 13.9. The normalized spacial score (nSPS) is 10.9. The van der Waals surface area contributed by atoms with Gasteiger partial charge in [0.2, 0.25) is 0 Å². The van der Waals surface area contributed by atoms with Gasteiger partial charge in [-0.1, -0.05) is 0 Å². The predicted molar refractivity (Wildman–Crippen MR) is 91.4 cm³/mol. The number of hydrogen-bond acceptors (Lipinski definition) is 2. The van der Waals surface area contributed by atoms with Crippen molar-refractivity contribution < 1.29 is 4.42 Å². The van der Waals surface area contributed by atoms with Gasteiger partial charge in [0.05, 0.1) is 6.26 Å². The molecule has 0 aliphatic carbocycles. The summed E-state index contributed by atoms with van der Waals surface area (Å²) >= 11 is 0. The summed E-state index contributed by atoms with van der Waals surface area (Å²) in [7, 11) is 0. The van der Waals surface area contributed by atoms with Crippen LogP contribution in [0.2, 0.25) is 0 Å². The Morgan fingerprint density at radius 3 is 2.70 bits per heavy atom. The average molecular weight is 388 g/mol. The lowest BCUT2D eigenvalue weighted by atomic mass is 10.4. The molecule has 20 heavy (non-hydrogen) atoms. The van der Waals surface area contributed by atoms with Gasteiger partial charge in [-0.15, -0.1) is 24.0 Å². The molecule has 2 heterocycles. The maximum Gasteiger partial charge on any atom is 0.191 e. The minimum atomic E-state index is 0. The topological polar surface area (TPSA) is 54.5 Å². The number of aromatic nitrogens is 1. The number of furan rings is 1. The summed E-state index contributed by atoms with van der Waals surface area (Å²) in [5, 5.41) is 6.51. The molecule has 2 rings (SSSR count). The van der Waals surface area contributed by atoms with Gasteiger partial charge in [0.25, 0.3) is 0 Å². The lowest BCUT2D eigenvalue weighted by Crippen LogP contribution is -2.38. The molecule has 5 nitrogen and oxygen atoms in total. The van der Waals surface area contributed by atoms with Crippen LogP contribution in [0.3, 0.4) is 0 Å². The van der Waals surface area contributed by atoms with E-state index in [1.165, 1.54) is 0 Å². The van der Waals surface area contributed by atoms with Crippen molar-refractivity contribution in [2.45, 2.75) is 20.0 Å². The smallest absolute Gasteiger partial charge is 0.191 e. The molecule has 0 bridgehead atoms. The van der Waals surface area contributed by atoms with Crippen LogP contribution in [0.1, 0.15) is 12.7 Å². The summed E-state index contributed by atoms with van der Waals surface area (Å²) in [5.74, 6) is 1.67. The van der Waals surface area contributed by atoms with Gasteiger partial charge < -0.3 is 19.6 Å². The maximum absolute atomic E-state index is 5.26. The molecular formula is C14H21IN4O. The van der Waals surface area contributed by atoms with Crippen molar-refractivity contribution in [2.24, 2.45) is 4.99 Å². The Balaban J connectivity index is 0.00000200. The van der Waals surface area contributed by atoms with Crippen molar-refractivity contribution in [3.63, 3.8) is 0 Å². The molecule has 6 heteroatoms. The highest BCUT2D eigenvalue weighted by Gasteiger charge is 1.98. The van der Waals surface area contributed by atoms with Crippen LogP contribution in [-0.4, -0.2) is 23.6 Å². The summed E-state index contributed by atoms with van der Waals surface area (Å²) < 4.78 is 7.39. The van der Waals surface area contributed by atoms with Crippen LogP contribution in [0.4, 0.5) is 0 Å². The highest BCUT2D eigenvalue weighted by molar-refractivity contribution is 14.0. The van der Waals surface area contributed by atoms with Crippen LogP contribution >= 0.6 is 24.0 Å². The number of hydrogen-bond donors (Lipinski definition) is 2. The van der Waals surface area contributed by atoms with E-state index in [0.29, 0.717) is 6.54 Å². The van der Waals surface area contributed by atoms with Gasteiger partial charge in [-0.05, 0) is 31.2 Å². The monoisotopic (exact) mass is 388 g/mol. The quantitative estimate of drug-likeness (QED) is 0.454. The van der Waals surface area contributed by atoms with Gasteiger partial charge in [0, 0.05) is 32.0 Å². The highest BCUT2D eigenvalue weighted by atomic mass is 127. The molecule has 2 N–H and O–H groups in total. The van der Waals surface area contributed by atoms with Crippen molar-refractivity contribution in [1.29, 1.82) is 0 Å². The van der Waals surface area contributed by atoms with Crippen LogP contribution in [0.25, 0.3) is 0 Å². The number of guanidine groups is 1. The molecule has 0 aliphatic heterocycles. The summed E-state index contributed by atoms with van der Waals surface area (Å²) in [6.45, 7) is 5.19. The zero-order valence-electron chi connectivity index (χ0n) is 11.6. The van der Waals surface area contributed by atoms with E-state index in [2.05, 4.69) is 39.5 Å². The van der Waals surface area contributed by atoms with E-state index in [9.17, 15) is 0 Å². The molecule has 0 spiro atoms. The van der Waals surface area contributed by atoms with Crippen LogP contribution < -0.4 is 10.6 Å². The first-order valence-electron chi connectivity index (χ1n) is 6.54. The largest absolute Gasteiger partial charge is 0.467 e. The van der Waals surface area contributed by atoms with E-state index < -0.39 is 0 Å². The van der Waals surface area contributed by atoms with Gasteiger partial charge in [-0.25, -0.2) is 4.99 Å². The second-order valence-electron chi connectivity index (χ2n) is 4.12. The third kappa shape index (κ3) is 5.68. The molecule has 0 atom stereocenters. The number of halogens is 1. The molecule has 0 saturated carbocycles. The van der Waals surface area contributed by atoms with E-state index in [4.69, 9.17) is 4.42 Å². The fraction of sp³-hybridized carbons (Fsp3) is 0.357. The van der Waals surface area contributed by atoms with Crippen molar-refractivity contribution in [2.75, 3.05) is 13.1 Å². The van der Waals surface area contributed by atoms with Crippen molar-refractivity contribution in [3.8, 4) is 0 Å². The first-order chi connectivity index (χ1) is 9.38. The minimum Gasteiger partial charge on any atom is -0.467 e. The van der Waals surface area contributed by atoms with E-state index in [-0.39, 0.29) is 24.0 Å². The molecule has 0 fully saturated rings. The van der Waals surface area contributed by atoms with Crippen molar-refractivity contribution in [3.05, 3.63) is 48.7 Å². The summed E-state index contributed by atoms with van der Waals surface area (Å²) in [6, 6.07) is 7.84. The Morgan fingerprint density at radius 2 is 2.05 bits per heavy atom. The molecule has 0 saturated heterocycles. The number of nitrogens with one attached hydrogen (secondary N) is 2. The number of rotatable bonds is 6. The summed E-state index contributed by atoms with van der Waals surface area (Å²) in [5.41, 5.74) is 0. The second-order valence-corrected chi connectivity index (χ2v) is 4.12. The molecule has 0 aromatic carbocycles. The predicted octanol–water partition coefficient (Wildman–Crippen LogP) is 2.45. The molecule has 0 unspecified atom stereocenters. The highest BCUT2D eigenvalue weighted by Crippen LogP contribution is 2.00. The fourth-order valence-corrected chi connectivity index (χ4v) is 1.72. The minimum absolute atomic E-state index is 0.